The van der Waals surface area contributed by atoms with Crippen LogP contribution in [0.2, 0.25) is 5.02 Å². The van der Waals surface area contributed by atoms with Crippen molar-refractivity contribution in [2.75, 3.05) is 18.8 Å². The standard InChI is InChI=1S/C12H19ClN2O2S/c1-3-5-8-15(4-2)18(16,17)12-7-6-10(13)9-11(12)14/h6-7,9H,3-5,8,14H2,1-2H3. The van der Waals surface area contributed by atoms with Crippen LogP contribution in [-0.2, 0) is 10.0 Å². The van der Waals surface area contributed by atoms with Gasteiger partial charge in [-0.1, -0.05) is 31.9 Å². The molecule has 0 bridgehead atoms. The monoisotopic (exact) mass is 290 g/mol. The van der Waals surface area contributed by atoms with E-state index in [2.05, 4.69) is 0 Å². The fourth-order valence-corrected chi connectivity index (χ4v) is 3.44. The second-order valence-electron chi connectivity index (χ2n) is 4.03. The third kappa shape index (κ3) is 3.37. The molecule has 1 aromatic carbocycles. The largest absolute Gasteiger partial charge is 0.398 e. The maximum atomic E-state index is 12.4. The third-order valence-corrected chi connectivity index (χ3v) is 4.99. The van der Waals surface area contributed by atoms with Crippen molar-refractivity contribution < 1.29 is 8.42 Å². The lowest BCUT2D eigenvalue weighted by molar-refractivity contribution is 0.419. The Morgan fingerprint density at radius 1 is 1.33 bits per heavy atom. The number of benzene rings is 1. The molecule has 0 unspecified atom stereocenters. The number of nitrogens with two attached hydrogens (primary N) is 1. The molecule has 0 aliphatic carbocycles. The van der Waals surface area contributed by atoms with E-state index in [9.17, 15) is 8.42 Å². The molecule has 0 atom stereocenters. The van der Waals surface area contributed by atoms with Gasteiger partial charge in [-0.25, -0.2) is 8.42 Å². The van der Waals surface area contributed by atoms with Gasteiger partial charge in [-0.05, 0) is 24.6 Å². The average Bonchev–Trinajstić information content (AvgIpc) is 2.29. The predicted octanol–water partition coefficient (Wildman–Crippen LogP) is 2.73. The van der Waals surface area contributed by atoms with Crippen molar-refractivity contribution in [1.82, 2.24) is 4.31 Å². The Balaban J connectivity index is 3.10. The Kier molecular flexibility index (Phi) is 5.44. The van der Waals surface area contributed by atoms with Crippen molar-refractivity contribution in [3.05, 3.63) is 23.2 Å². The van der Waals surface area contributed by atoms with E-state index >= 15 is 0 Å². The van der Waals surface area contributed by atoms with Gasteiger partial charge in [-0.2, -0.15) is 4.31 Å². The minimum Gasteiger partial charge on any atom is -0.398 e. The van der Waals surface area contributed by atoms with Gasteiger partial charge in [0.1, 0.15) is 4.90 Å². The molecule has 0 heterocycles. The molecular weight excluding hydrogens is 272 g/mol. The van der Waals surface area contributed by atoms with Crippen LogP contribution in [0.15, 0.2) is 23.1 Å². The van der Waals surface area contributed by atoms with Crippen LogP contribution in [0.4, 0.5) is 5.69 Å². The van der Waals surface area contributed by atoms with Crippen LogP contribution in [0, 0.1) is 0 Å². The number of hydrogen-bond donors (Lipinski definition) is 1. The maximum Gasteiger partial charge on any atom is 0.245 e. The summed E-state index contributed by atoms with van der Waals surface area (Å²) in [5, 5.41) is 0.433. The lowest BCUT2D eigenvalue weighted by Gasteiger charge is -2.21. The first-order valence-electron chi connectivity index (χ1n) is 5.98. The van der Waals surface area contributed by atoms with Crippen molar-refractivity contribution in [1.29, 1.82) is 0 Å². The van der Waals surface area contributed by atoms with E-state index in [1.807, 2.05) is 13.8 Å². The third-order valence-electron chi connectivity index (χ3n) is 2.70. The molecule has 0 aromatic heterocycles. The van der Waals surface area contributed by atoms with Crippen LogP contribution < -0.4 is 5.73 Å². The minimum absolute atomic E-state index is 0.129. The molecule has 6 heteroatoms. The normalized spacial score (nSPS) is 12.0. The highest BCUT2D eigenvalue weighted by atomic mass is 35.5. The zero-order valence-electron chi connectivity index (χ0n) is 10.7. The van der Waals surface area contributed by atoms with Crippen molar-refractivity contribution >= 4 is 27.3 Å². The fraction of sp³-hybridized carbons (Fsp3) is 0.500. The number of hydrogen-bond acceptors (Lipinski definition) is 3. The first kappa shape index (κ1) is 15.3. The summed E-state index contributed by atoms with van der Waals surface area (Å²) in [6.45, 7) is 4.79. The van der Waals surface area contributed by atoms with Crippen LogP contribution in [-0.4, -0.2) is 25.8 Å². The van der Waals surface area contributed by atoms with Gasteiger partial charge in [0.15, 0.2) is 0 Å². The van der Waals surface area contributed by atoms with E-state index in [0.29, 0.717) is 18.1 Å². The molecule has 1 rings (SSSR count). The summed E-state index contributed by atoms with van der Waals surface area (Å²) >= 11 is 5.78. The first-order valence-corrected chi connectivity index (χ1v) is 7.80. The Morgan fingerprint density at radius 2 is 2.00 bits per heavy atom. The molecule has 0 aliphatic heterocycles. The molecular formula is C12H19ClN2O2S. The molecule has 18 heavy (non-hydrogen) atoms. The first-order chi connectivity index (χ1) is 8.43. The van der Waals surface area contributed by atoms with Crippen molar-refractivity contribution in [2.24, 2.45) is 0 Å². The topological polar surface area (TPSA) is 63.4 Å². The molecule has 0 aliphatic rings. The van der Waals surface area contributed by atoms with Crippen LogP contribution in [0.25, 0.3) is 0 Å². The molecule has 102 valence electrons. The molecule has 0 amide bonds. The van der Waals surface area contributed by atoms with Crippen molar-refractivity contribution in [3.63, 3.8) is 0 Å². The van der Waals surface area contributed by atoms with Gasteiger partial charge in [0, 0.05) is 18.1 Å². The summed E-state index contributed by atoms with van der Waals surface area (Å²) in [6, 6.07) is 4.46. The molecule has 2 N–H and O–H groups in total. The van der Waals surface area contributed by atoms with Crippen molar-refractivity contribution in [3.8, 4) is 0 Å². The highest BCUT2D eigenvalue weighted by molar-refractivity contribution is 7.89. The quantitative estimate of drug-likeness (QED) is 0.819. The van der Waals surface area contributed by atoms with E-state index in [-0.39, 0.29) is 10.6 Å². The van der Waals surface area contributed by atoms with E-state index in [1.165, 1.54) is 16.4 Å². The summed E-state index contributed by atoms with van der Waals surface area (Å²) in [5.41, 5.74) is 5.93. The summed E-state index contributed by atoms with van der Waals surface area (Å²) in [4.78, 5) is 0.129. The summed E-state index contributed by atoms with van der Waals surface area (Å²) < 4.78 is 26.2. The maximum absolute atomic E-state index is 12.4. The molecule has 0 radical (unpaired) electrons. The number of nitrogen functional groups attached to an aromatic ring is 1. The molecule has 0 spiro atoms. The summed E-state index contributed by atoms with van der Waals surface area (Å²) in [6.07, 6.45) is 1.78. The van der Waals surface area contributed by atoms with E-state index in [1.54, 1.807) is 6.07 Å². The predicted molar refractivity (Wildman–Crippen MR) is 75.2 cm³/mol. The number of nitrogens with zero attached hydrogens (tertiary/aromatic N) is 1. The molecule has 1 aromatic rings. The lowest BCUT2D eigenvalue weighted by atomic mass is 10.3. The molecule has 4 nitrogen and oxygen atoms in total. The van der Waals surface area contributed by atoms with Gasteiger partial charge in [0.25, 0.3) is 0 Å². The Bertz CT molecular complexity index is 503. The van der Waals surface area contributed by atoms with Gasteiger partial charge in [0.05, 0.1) is 5.69 Å². The molecule has 0 fully saturated rings. The molecule has 0 saturated carbocycles. The minimum atomic E-state index is -3.52. The van der Waals surface area contributed by atoms with E-state index in [0.717, 1.165) is 12.8 Å². The Labute approximate surface area is 114 Å². The highest BCUT2D eigenvalue weighted by Crippen LogP contribution is 2.25. The second-order valence-corrected chi connectivity index (χ2v) is 6.38. The number of rotatable bonds is 6. The van der Waals surface area contributed by atoms with Gasteiger partial charge in [0.2, 0.25) is 10.0 Å². The number of unbranched alkanes of at least 4 members (excludes halogenated alkanes) is 1. The lowest BCUT2D eigenvalue weighted by Crippen LogP contribution is -2.32. The number of anilines is 1. The van der Waals surface area contributed by atoms with E-state index < -0.39 is 10.0 Å². The average molecular weight is 291 g/mol. The molecule has 0 saturated heterocycles. The number of sulfonamides is 1. The summed E-state index contributed by atoms with van der Waals surface area (Å²) in [5.74, 6) is 0. The Hall–Kier alpha value is -0.780. The zero-order chi connectivity index (χ0) is 13.8. The van der Waals surface area contributed by atoms with Crippen molar-refractivity contribution in [2.45, 2.75) is 31.6 Å². The van der Waals surface area contributed by atoms with Gasteiger partial charge < -0.3 is 5.73 Å². The second kappa shape index (κ2) is 6.41. The van der Waals surface area contributed by atoms with Crippen LogP contribution in [0.3, 0.4) is 0 Å². The van der Waals surface area contributed by atoms with Crippen LogP contribution in [0.5, 0.6) is 0 Å². The van der Waals surface area contributed by atoms with Gasteiger partial charge in [-0.15, -0.1) is 0 Å². The van der Waals surface area contributed by atoms with Gasteiger partial charge in [-0.3, -0.25) is 0 Å². The Morgan fingerprint density at radius 3 is 2.50 bits per heavy atom. The van der Waals surface area contributed by atoms with E-state index in [4.69, 9.17) is 17.3 Å². The number of halogens is 1. The van der Waals surface area contributed by atoms with Gasteiger partial charge >= 0.3 is 0 Å². The SMILES string of the molecule is CCCCN(CC)S(=O)(=O)c1ccc(Cl)cc1N. The smallest absolute Gasteiger partial charge is 0.245 e. The van der Waals surface area contributed by atoms with Crippen LogP contribution >= 0.6 is 11.6 Å². The van der Waals surface area contributed by atoms with Crippen LogP contribution in [0.1, 0.15) is 26.7 Å². The fourth-order valence-electron chi connectivity index (χ4n) is 1.68. The summed E-state index contributed by atoms with van der Waals surface area (Å²) in [7, 11) is -3.52. The highest BCUT2D eigenvalue weighted by Gasteiger charge is 2.24. The zero-order valence-corrected chi connectivity index (χ0v) is 12.3.